The Morgan fingerprint density at radius 2 is 2.08 bits per heavy atom. The fraction of sp³-hybridized carbons (Fsp3) is 0.100. The Labute approximate surface area is 85.8 Å². The fourth-order valence-corrected chi connectivity index (χ4v) is 1.14. The van der Waals surface area contributed by atoms with Gasteiger partial charge in [-0.05, 0) is 10.5 Å². The van der Waals surface area contributed by atoms with Gasteiger partial charge in [0, 0.05) is 12.6 Å². The molecule has 0 aliphatic rings. The number of hydrogen-bond acceptors (Lipinski definition) is 1. The average molecular weight is 240 g/mol. The van der Waals surface area contributed by atoms with Crippen molar-refractivity contribution in [2.75, 3.05) is 0 Å². The number of amides is 1. The van der Waals surface area contributed by atoms with Gasteiger partial charge in [0.25, 0.3) is 0 Å². The van der Waals surface area contributed by atoms with Crippen molar-refractivity contribution in [3.8, 4) is 0 Å². The van der Waals surface area contributed by atoms with Gasteiger partial charge in [-0.15, -0.1) is 0 Å². The smallest absolute Gasteiger partial charge is 0.244 e. The Bertz CT molecular complexity index is 295. The minimum Gasteiger partial charge on any atom is -0.348 e. The highest BCUT2D eigenvalue weighted by molar-refractivity contribution is 9.11. The summed E-state index contributed by atoms with van der Waals surface area (Å²) in [6, 6.07) is 9.78. The molecule has 3 heteroatoms. The summed E-state index contributed by atoms with van der Waals surface area (Å²) in [4.78, 5) is 12.5. The van der Waals surface area contributed by atoms with Crippen LogP contribution in [0.3, 0.4) is 0 Å². The van der Waals surface area contributed by atoms with Crippen LogP contribution in [0.1, 0.15) is 5.56 Å². The number of carbonyl (C=O) groups excluding carboxylic acids is 1. The van der Waals surface area contributed by atoms with Crippen LogP contribution in [-0.2, 0) is 11.3 Å². The van der Waals surface area contributed by atoms with Crippen LogP contribution in [0.15, 0.2) is 41.4 Å². The van der Waals surface area contributed by atoms with Gasteiger partial charge in [0.05, 0.1) is 0 Å². The third-order valence-corrected chi connectivity index (χ3v) is 1.79. The molecule has 0 saturated heterocycles. The molecule has 0 fully saturated rings. The van der Waals surface area contributed by atoms with Crippen molar-refractivity contribution >= 4 is 21.8 Å². The number of halogens is 1. The molecule has 13 heavy (non-hydrogen) atoms. The number of benzene rings is 1. The quantitative estimate of drug-likeness (QED) is 0.806. The van der Waals surface area contributed by atoms with Gasteiger partial charge in [-0.1, -0.05) is 46.3 Å². The van der Waals surface area contributed by atoms with Crippen molar-refractivity contribution in [1.82, 2.24) is 5.32 Å². The van der Waals surface area contributed by atoms with Gasteiger partial charge < -0.3 is 5.32 Å². The number of hydrogen-bond donors (Lipinski definition) is 1. The Balaban J connectivity index is 2.40. The first kappa shape index (κ1) is 9.99. The Morgan fingerprint density at radius 1 is 1.38 bits per heavy atom. The molecule has 1 amide bonds. The lowest BCUT2D eigenvalue weighted by molar-refractivity contribution is -0.116. The zero-order valence-electron chi connectivity index (χ0n) is 7.03. The lowest BCUT2D eigenvalue weighted by atomic mass is 10.2. The SMILES string of the molecule is O=C(/C=C\Br)NCc1ccccc1. The predicted octanol–water partition coefficient (Wildman–Crippen LogP) is 2.21. The second-order valence-electron chi connectivity index (χ2n) is 2.50. The summed E-state index contributed by atoms with van der Waals surface area (Å²) >= 11 is 3.03. The van der Waals surface area contributed by atoms with E-state index >= 15 is 0 Å². The number of carbonyl (C=O) groups is 1. The first-order valence-corrected chi connectivity index (χ1v) is 4.83. The molecule has 0 aliphatic carbocycles. The van der Waals surface area contributed by atoms with Gasteiger partial charge >= 0.3 is 0 Å². The summed E-state index contributed by atoms with van der Waals surface area (Å²) in [5.74, 6) is -0.0965. The van der Waals surface area contributed by atoms with Crippen molar-refractivity contribution in [2.24, 2.45) is 0 Å². The monoisotopic (exact) mass is 239 g/mol. The van der Waals surface area contributed by atoms with E-state index in [-0.39, 0.29) is 5.91 Å². The van der Waals surface area contributed by atoms with E-state index in [1.807, 2.05) is 30.3 Å². The van der Waals surface area contributed by atoms with Crippen LogP contribution in [0.2, 0.25) is 0 Å². The van der Waals surface area contributed by atoms with Gasteiger partial charge in [-0.2, -0.15) is 0 Å². The summed E-state index contributed by atoms with van der Waals surface area (Å²) in [5, 5.41) is 2.74. The first-order valence-electron chi connectivity index (χ1n) is 3.91. The van der Waals surface area contributed by atoms with Gasteiger partial charge in [-0.25, -0.2) is 0 Å². The van der Waals surface area contributed by atoms with Gasteiger partial charge in [0.1, 0.15) is 0 Å². The molecule has 0 atom stereocenters. The lowest BCUT2D eigenvalue weighted by Crippen LogP contribution is -2.19. The van der Waals surface area contributed by atoms with E-state index in [0.29, 0.717) is 6.54 Å². The highest BCUT2D eigenvalue weighted by Gasteiger charge is 1.94. The van der Waals surface area contributed by atoms with E-state index in [9.17, 15) is 4.79 Å². The molecule has 1 aromatic rings. The van der Waals surface area contributed by atoms with E-state index < -0.39 is 0 Å². The van der Waals surface area contributed by atoms with Gasteiger partial charge in [0.15, 0.2) is 0 Å². The average Bonchev–Trinajstić information content (AvgIpc) is 2.17. The molecule has 0 unspecified atom stereocenters. The molecule has 0 aromatic heterocycles. The van der Waals surface area contributed by atoms with Crippen molar-refractivity contribution < 1.29 is 4.79 Å². The van der Waals surface area contributed by atoms with Crippen LogP contribution in [-0.4, -0.2) is 5.91 Å². The molecule has 1 aromatic carbocycles. The Hall–Kier alpha value is -1.09. The molecule has 68 valence electrons. The van der Waals surface area contributed by atoms with Crippen molar-refractivity contribution in [3.63, 3.8) is 0 Å². The largest absolute Gasteiger partial charge is 0.348 e. The van der Waals surface area contributed by atoms with Crippen molar-refractivity contribution in [3.05, 3.63) is 47.0 Å². The third kappa shape index (κ3) is 3.90. The molecule has 0 spiro atoms. The summed E-state index contributed by atoms with van der Waals surface area (Å²) in [6.45, 7) is 0.566. The maximum Gasteiger partial charge on any atom is 0.244 e. The Kier molecular flexibility index (Phi) is 4.26. The van der Waals surface area contributed by atoms with Crippen LogP contribution < -0.4 is 5.32 Å². The molecular weight excluding hydrogens is 230 g/mol. The second-order valence-corrected chi connectivity index (χ2v) is 3.02. The van der Waals surface area contributed by atoms with Gasteiger partial charge in [0.2, 0.25) is 5.91 Å². The topological polar surface area (TPSA) is 29.1 Å². The van der Waals surface area contributed by atoms with Gasteiger partial charge in [-0.3, -0.25) is 4.79 Å². The summed E-state index contributed by atoms with van der Waals surface area (Å²) in [6.07, 6.45) is 1.43. The molecule has 0 heterocycles. The maximum absolute atomic E-state index is 11.0. The molecule has 0 radical (unpaired) electrons. The van der Waals surface area contributed by atoms with Crippen LogP contribution in [0.5, 0.6) is 0 Å². The molecule has 0 saturated carbocycles. The zero-order valence-corrected chi connectivity index (χ0v) is 8.62. The lowest BCUT2D eigenvalue weighted by Gasteiger charge is -2.00. The normalized spacial score (nSPS) is 10.2. The van der Waals surface area contributed by atoms with E-state index in [1.165, 1.54) is 11.1 Å². The molecule has 0 bridgehead atoms. The molecule has 0 aliphatic heterocycles. The predicted molar refractivity (Wildman–Crippen MR) is 56.4 cm³/mol. The van der Waals surface area contributed by atoms with Crippen molar-refractivity contribution in [1.29, 1.82) is 0 Å². The molecule has 1 rings (SSSR count). The van der Waals surface area contributed by atoms with Crippen LogP contribution >= 0.6 is 15.9 Å². The van der Waals surface area contributed by atoms with E-state index in [0.717, 1.165) is 5.56 Å². The second kappa shape index (κ2) is 5.54. The van der Waals surface area contributed by atoms with Crippen LogP contribution in [0, 0.1) is 0 Å². The zero-order chi connectivity index (χ0) is 9.52. The number of nitrogens with one attached hydrogen (secondary N) is 1. The fourth-order valence-electron chi connectivity index (χ4n) is 0.901. The summed E-state index contributed by atoms with van der Waals surface area (Å²) < 4.78 is 0. The van der Waals surface area contributed by atoms with Crippen LogP contribution in [0.25, 0.3) is 0 Å². The van der Waals surface area contributed by atoms with E-state index in [4.69, 9.17) is 0 Å². The first-order chi connectivity index (χ1) is 6.33. The molecular formula is C10H10BrNO. The minimum atomic E-state index is -0.0965. The van der Waals surface area contributed by atoms with E-state index in [1.54, 1.807) is 0 Å². The molecule has 1 N–H and O–H groups in total. The minimum absolute atomic E-state index is 0.0965. The number of rotatable bonds is 3. The Morgan fingerprint density at radius 3 is 2.69 bits per heavy atom. The summed E-state index contributed by atoms with van der Waals surface area (Å²) in [7, 11) is 0. The van der Waals surface area contributed by atoms with E-state index in [2.05, 4.69) is 21.2 Å². The third-order valence-electron chi connectivity index (χ3n) is 1.52. The van der Waals surface area contributed by atoms with Crippen molar-refractivity contribution in [2.45, 2.75) is 6.54 Å². The summed E-state index contributed by atoms with van der Waals surface area (Å²) in [5.41, 5.74) is 1.10. The maximum atomic E-state index is 11.0. The highest BCUT2D eigenvalue weighted by Crippen LogP contribution is 1.97. The highest BCUT2D eigenvalue weighted by atomic mass is 79.9. The molecule has 2 nitrogen and oxygen atoms in total. The standard InChI is InChI=1S/C10H10BrNO/c11-7-6-10(13)12-8-9-4-2-1-3-5-9/h1-7H,8H2,(H,12,13)/b7-6-. The van der Waals surface area contributed by atoms with Crippen LogP contribution in [0.4, 0.5) is 0 Å².